The zero-order valence-electron chi connectivity index (χ0n) is 13.4. The largest absolute Gasteiger partial charge is 0.313 e. The van der Waals surface area contributed by atoms with Crippen molar-refractivity contribution >= 4 is 11.8 Å². The highest BCUT2D eigenvalue weighted by atomic mass is 32.2. The summed E-state index contributed by atoms with van der Waals surface area (Å²) in [5, 5.41) is 4.41. The van der Waals surface area contributed by atoms with Crippen LogP contribution in [0.5, 0.6) is 0 Å². The van der Waals surface area contributed by atoms with Gasteiger partial charge in [-0.1, -0.05) is 39.8 Å². The number of hydrogen-bond donors (Lipinski definition) is 1. The normalized spacial score (nSPS) is 26.9. The van der Waals surface area contributed by atoms with Crippen LogP contribution in [0.4, 0.5) is 0 Å². The lowest BCUT2D eigenvalue weighted by Gasteiger charge is -2.35. The molecule has 1 fully saturated rings. The van der Waals surface area contributed by atoms with E-state index in [1.165, 1.54) is 29.7 Å². The molecule has 0 bridgehead atoms. The maximum absolute atomic E-state index is 3.68. The summed E-state index contributed by atoms with van der Waals surface area (Å²) < 4.78 is 0. The first kappa shape index (κ1) is 15.9. The van der Waals surface area contributed by atoms with Gasteiger partial charge in [-0.25, -0.2) is 0 Å². The highest BCUT2D eigenvalue weighted by Gasteiger charge is 2.28. The van der Waals surface area contributed by atoms with Crippen LogP contribution in [0.3, 0.4) is 0 Å². The molecule has 3 atom stereocenters. The van der Waals surface area contributed by atoms with Crippen LogP contribution in [-0.2, 0) is 0 Å². The molecular weight excluding hydrogens is 262 g/mol. The van der Waals surface area contributed by atoms with E-state index in [-0.39, 0.29) is 0 Å². The summed E-state index contributed by atoms with van der Waals surface area (Å²) in [6, 6.07) is 9.89. The average Bonchev–Trinajstić information content (AvgIpc) is 2.42. The highest BCUT2D eigenvalue weighted by Crippen LogP contribution is 2.36. The van der Waals surface area contributed by atoms with Crippen molar-refractivity contribution in [2.75, 3.05) is 6.54 Å². The molecule has 0 amide bonds. The predicted molar refractivity (Wildman–Crippen MR) is 90.7 cm³/mol. The quantitative estimate of drug-likeness (QED) is 0.813. The molecule has 1 nitrogen and oxygen atoms in total. The smallest absolute Gasteiger partial charge is 0.0250 e. The summed E-state index contributed by atoms with van der Waals surface area (Å²) in [5.41, 5.74) is 1.44. The maximum atomic E-state index is 3.68. The van der Waals surface area contributed by atoms with E-state index in [4.69, 9.17) is 0 Å². The molecule has 1 saturated carbocycles. The molecule has 0 aliphatic heterocycles. The Labute approximate surface area is 128 Å². The van der Waals surface area contributed by atoms with Gasteiger partial charge < -0.3 is 5.32 Å². The summed E-state index contributed by atoms with van der Waals surface area (Å²) in [5.74, 6) is 1.50. The van der Waals surface area contributed by atoms with Crippen molar-refractivity contribution in [1.82, 2.24) is 5.32 Å². The monoisotopic (exact) mass is 291 g/mol. The van der Waals surface area contributed by atoms with E-state index in [9.17, 15) is 0 Å². The molecule has 2 rings (SSSR count). The van der Waals surface area contributed by atoms with Gasteiger partial charge in [-0.3, -0.25) is 0 Å². The first-order valence-corrected chi connectivity index (χ1v) is 8.98. The Morgan fingerprint density at radius 1 is 1.20 bits per heavy atom. The molecular formula is C18H29NS. The second-order valence-electron chi connectivity index (χ2n) is 6.46. The van der Waals surface area contributed by atoms with Gasteiger partial charge in [-0.05, 0) is 55.3 Å². The molecule has 1 aliphatic rings. The molecule has 1 aliphatic carbocycles. The van der Waals surface area contributed by atoms with Crippen molar-refractivity contribution in [2.45, 2.75) is 69.1 Å². The summed E-state index contributed by atoms with van der Waals surface area (Å²) in [7, 11) is 0. The van der Waals surface area contributed by atoms with Gasteiger partial charge in [0.15, 0.2) is 0 Å². The van der Waals surface area contributed by atoms with Crippen LogP contribution in [0.2, 0.25) is 0 Å². The van der Waals surface area contributed by atoms with E-state index in [1.54, 1.807) is 0 Å². The standard InChI is InChI=1S/C18H29NS/c1-5-19-17-11-6-14(4)12-18(17)20-16-9-7-15(8-10-16)13(2)3/h7-10,13-14,17-19H,5-6,11-12H2,1-4H3. The van der Waals surface area contributed by atoms with E-state index in [0.29, 0.717) is 12.0 Å². The fourth-order valence-electron chi connectivity index (χ4n) is 3.06. The van der Waals surface area contributed by atoms with Crippen molar-refractivity contribution in [3.8, 4) is 0 Å². The SMILES string of the molecule is CCNC1CCC(C)CC1Sc1ccc(C(C)C)cc1. The van der Waals surface area contributed by atoms with Crippen LogP contribution < -0.4 is 5.32 Å². The second-order valence-corrected chi connectivity index (χ2v) is 7.78. The van der Waals surface area contributed by atoms with Gasteiger partial charge in [0.2, 0.25) is 0 Å². The van der Waals surface area contributed by atoms with Crippen LogP contribution >= 0.6 is 11.8 Å². The number of thioether (sulfide) groups is 1. The molecule has 0 radical (unpaired) electrons. The molecule has 2 heteroatoms. The van der Waals surface area contributed by atoms with Gasteiger partial charge in [0.05, 0.1) is 0 Å². The van der Waals surface area contributed by atoms with Crippen molar-refractivity contribution < 1.29 is 0 Å². The third-order valence-electron chi connectivity index (χ3n) is 4.35. The number of nitrogens with one attached hydrogen (secondary N) is 1. The van der Waals surface area contributed by atoms with Gasteiger partial charge in [0, 0.05) is 16.2 Å². The molecule has 20 heavy (non-hydrogen) atoms. The predicted octanol–water partition coefficient (Wildman–Crippen LogP) is 5.07. The molecule has 1 aromatic rings. The lowest BCUT2D eigenvalue weighted by Crippen LogP contribution is -2.42. The minimum absolute atomic E-state index is 0.623. The molecule has 0 spiro atoms. The number of hydrogen-bond acceptors (Lipinski definition) is 2. The lowest BCUT2D eigenvalue weighted by molar-refractivity contribution is 0.321. The maximum Gasteiger partial charge on any atom is 0.0250 e. The third-order valence-corrected chi connectivity index (χ3v) is 5.72. The fraction of sp³-hybridized carbons (Fsp3) is 0.667. The molecule has 112 valence electrons. The Bertz CT molecular complexity index is 398. The Morgan fingerprint density at radius 3 is 2.50 bits per heavy atom. The Morgan fingerprint density at radius 2 is 1.90 bits per heavy atom. The van der Waals surface area contributed by atoms with Crippen LogP contribution in [0, 0.1) is 5.92 Å². The van der Waals surface area contributed by atoms with Crippen molar-refractivity contribution in [2.24, 2.45) is 5.92 Å². The van der Waals surface area contributed by atoms with E-state index in [1.807, 2.05) is 0 Å². The number of rotatable bonds is 5. The zero-order valence-corrected chi connectivity index (χ0v) is 14.2. The van der Waals surface area contributed by atoms with Gasteiger partial charge in [0.25, 0.3) is 0 Å². The van der Waals surface area contributed by atoms with Crippen LogP contribution in [-0.4, -0.2) is 17.8 Å². The summed E-state index contributed by atoms with van der Waals surface area (Å²) in [4.78, 5) is 1.43. The highest BCUT2D eigenvalue weighted by molar-refractivity contribution is 8.00. The topological polar surface area (TPSA) is 12.0 Å². The van der Waals surface area contributed by atoms with E-state index < -0.39 is 0 Å². The zero-order chi connectivity index (χ0) is 14.5. The first-order valence-electron chi connectivity index (χ1n) is 8.10. The minimum atomic E-state index is 0.623. The molecule has 0 aromatic heterocycles. The molecule has 1 N–H and O–H groups in total. The lowest BCUT2D eigenvalue weighted by atomic mass is 9.87. The second kappa shape index (κ2) is 7.51. The van der Waals surface area contributed by atoms with Gasteiger partial charge in [-0.15, -0.1) is 11.8 Å². The van der Waals surface area contributed by atoms with Crippen molar-refractivity contribution in [3.05, 3.63) is 29.8 Å². The number of benzene rings is 1. The average molecular weight is 292 g/mol. The third kappa shape index (κ3) is 4.26. The van der Waals surface area contributed by atoms with Crippen molar-refractivity contribution in [3.63, 3.8) is 0 Å². The summed E-state index contributed by atoms with van der Waals surface area (Å²) in [6.45, 7) is 10.2. The van der Waals surface area contributed by atoms with Crippen molar-refractivity contribution in [1.29, 1.82) is 0 Å². The molecule has 0 saturated heterocycles. The first-order chi connectivity index (χ1) is 9.60. The summed E-state index contributed by atoms with van der Waals surface area (Å²) in [6.07, 6.45) is 4.05. The Balaban J connectivity index is 2.01. The van der Waals surface area contributed by atoms with Gasteiger partial charge in [-0.2, -0.15) is 0 Å². The molecule has 0 heterocycles. The minimum Gasteiger partial charge on any atom is -0.313 e. The Hall–Kier alpha value is -0.470. The van der Waals surface area contributed by atoms with Crippen LogP contribution in [0.25, 0.3) is 0 Å². The van der Waals surface area contributed by atoms with E-state index in [0.717, 1.165) is 17.7 Å². The fourth-order valence-corrected chi connectivity index (χ4v) is 4.52. The molecule has 1 aromatic carbocycles. The summed E-state index contributed by atoms with van der Waals surface area (Å²) >= 11 is 2.07. The molecule has 3 unspecified atom stereocenters. The van der Waals surface area contributed by atoms with E-state index >= 15 is 0 Å². The van der Waals surface area contributed by atoms with Gasteiger partial charge >= 0.3 is 0 Å². The Kier molecular flexibility index (Phi) is 5.98. The van der Waals surface area contributed by atoms with E-state index in [2.05, 4.69) is 69.0 Å². The van der Waals surface area contributed by atoms with Crippen LogP contribution in [0.1, 0.15) is 58.4 Å². The van der Waals surface area contributed by atoms with Gasteiger partial charge in [0.1, 0.15) is 0 Å². The van der Waals surface area contributed by atoms with Crippen LogP contribution in [0.15, 0.2) is 29.2 Å².